The second-order valence-electron chi connectivity index (χ2n) is 6.08. The maximum atomic E-state index is 12.5. The first-order valence-corrected chi connectivity index (χ1v) is 8.04. The molecule has 0 aliphatic carbocycles. The topological polar surface area (TPSA) is 82.2 Å². The highest BCUT2D eigenvalue weighted by Gasteiger charge is 2.26. The first-order valence-electron chi connectivity index (χ1n) is 8.04. The highest BCUT2D eigenvalue weighted by atomic mass is 16.2. The van der Waals surface area contributed by atoms with E-state index in [1.54, 1.807) is 23.4 Å². The summed E-state index contributed by atoms with van der Waals surface area (Å²) in [4.78, 5) is 38.8. The van der Waals surface area contributed by atoms with Crippen molar-refractivity contribution in [1.29, 1.82) is 0 Å². The molecule has 1 amide bonds. The van der Waals surface area contributed by atoms with Crippen molar-refractivity contribution in [3.05, 3.63) is 52.3 Å². The van der Waals surface area contributed by atoms with E-state index < -0.39 is 0 Å². The van der Waals surface area contributed by atoms with Crippen LogP contribution in [-0.2, 0) is 0 Å². The molecule has 1 aliphatic heterocycles. The minimum absolute atomic E-state index is 0.119. The molecule has 1 fully saturated rings. The first-order chi connectivity index (χ1) is 11.5. The third-order valence-corrected chi connectivity index (χ3v) is 4.45. The van der Waals surface area contributed by atoms with E-state index in [1.807, 2.05) is 20.0 Å². The standard InChI is InChI=1S/C17H21N5O2/c1-12-10-15(19-11-18-12)21(2)13-6-8-22(9-7-13)17(24)14-4-3-5-16(23)20-14/h3-5,10-11,13H,6-9H2,1-2H3,(H,20,23). The smallest absolute Gasteiger partial charge is 0.270 e. The number of likely N-dealkylation sites (tertiary alicyclic amines) is 1. The van der Waals surface area contributed by atoms with Crippen molar-refractivity contribution in [2.24, 2.45) is 0 Å². The zero-order valence-electron chi connectivity index (χ0n) is 13.9. The number of pyridine rings is 1. The Hall–Kier alpha value is -2.70. The quantitative estimate of drug-likeness (QED) is 0.916. The normalized spacial score (nSPS) is 15.3. The lowest BCUT2D eigenvalue weighted by atomic mass is 10.0. The van der Waals surface area contributed by atoms with E-state index in [1.165, 1.54) is 6.07 Å². The number of nitrogens with zero attached hydrogens (tertiary/aromatic N) is 4. The van der Waals surface area contributed by atoms with Gasteiger partial charge in [-0.05, 0) is 25.8 Å². The average Bonchev–Trinajstić information content (AvgIpc) is 2.60. The van der Waals surface area contributed by atoms with E-state index in [4.69, 9.17) is 0 Å². The molecule has 2 aromatic rings. The number of aromatic nitrogens is 3. The molecular formula is C17H21N5O2. The molecule has 2 aromatic heterocycles. The van der Waals surface area contributed by atoms with Gasteiger partial charge in [-0.15, -0.1) is 0 Å². The molecule has 1 saturated heterocycles. The maximum Gasteiger partial charge on any atom is 0.270 e. The van der Waals surface area contributed by atoms with Gasteiger partial charge in [-0.2, -0.15) is 0 Å². The number of H-pyrrole nitrogens is 1. The third-order valence-electron chi connectivity index (χ3n) is 4.45. The van der Waals surface area contributed by atoms with Crippen LogP contribution in [0.25, 0.3) is 0 Å². The minimum atomic E-state index is -0.255. The van der Waals surface area contributed by atoms with Crippen molar-refractivity contribution >= 4 is 11.7 Å². The number of hydrogen-bond donors (Lipinski definition) is 1. The molecule has 7 nitrogen and oxygen atoms in total. The van der Waals surface area contributed by atoms with Gasteiger partial charge in [0.2, 0.25) is 5.56 Å². The Kier molecular flexibility index (Phi) is 4.59. The number of amides is 1. The van der Waals surface area contributed by atoms with E-state index in [9.17, 15) is 9.59 Å². The van der Waals surface area contributed by atoms with E-state index in [0.29, 0.717) is 24.8 Å². The van der Waals surface area contributed by atoms with Crippen molar-refractivity contribution in [2.75, 3.05) is 25.0 Å². The van der Waals surface area contributed by atoms with E-state index >= 15 is 0 Å². The molecule has 0 radical (unpaired) electrons. The summed E-state index contributed by atoms with van der Waals surface area (Å²) in [6, 6.07) is 6.95. The van der Waals surface area contributed by atoms with Crippen molar-refractivity contribution in [1.82, 2.24) is 19.9 Å². The fraction of sp³-hybridized carbons (Fsp3) is 0.412. The van der Waals surface area contributed by atoms with Gasteiger partial charge in [0.15, 0.2) is 0 Å². The van der Waals surface area contributed by atoms with Crippen LogP contribution in [0.4, 0.5) is 5.82 Å². The number of anilines is 1. The number of rotatable bonds is 3. The highest BCUT2D eigenvalue weighted by Crippen LogP contribution is 2.21. The Morgan fingerprint density at radius 1 is 1.29 bits per heavy atom. The molecule has 3 heterocycles. The predicted molar refractivity (Wildman–Crippen MR) is 91.2 cm³/mol. The lowest BCUT2D eigenvalue weighted by molar-refractivity contribution is 0.0707. The maximum absolute atomic E-state index is 12.5. The van der Waals surface area contributed by atoms with Gasteiger partial charge in [0, 0.05) is 44.0 Å². The highest BCUT2D eigenvalue weighted by molar-refractivity contribution is 5.92. The van der Waals surface area contributed by atoms with E-state index in [-0.39, 0.29) is 11.5 Å². The van der Waals surface area contributed by atoms with Crippen LogP contribution in [0.5, 0.6) is 0 Å². The number of aryl methyl sites for hydroxylation is 1. The predicted octanol–water partition coefficient (Wildman–Crippen LogP) is 1.21. The van der Waals surface area contributed by atoms with Crippen LogP contribution in [0.15, 0.2) is 35.4 Å². The third kappa shape index (κ3) is 3.45. The minimum Gasteiger partial charge on any atom is -0.356 e. The molecular weight excluding hydrogens is 306 g/mol. The molecule has 126 valence electrons. The van der Waals surface area contributed by atoms with Crippen molar-refractivity contribution in [3.63, 3.8) is 0 Å². The summed E-state index contributed by atoms with van der Waals surface area (Å²) in [7, 11) is 2.03. The van der Waals surface area contributed by atoms with Gasteiger partial charge in [0.1, 0.15) is 17.8 Å². The summed E-state index contributed by atoms with van der Waals surface area (Å²) < 4.78 is 0. The monoisotopic (exact) mass is 327 g/mol. The van der Waals surface area contributed by atoms with Gasteiger partial charge in [-0.1, -0.05) is 6.07 Å². The summed E-state index contributed by atoms with van der Waals surface area (Å²) in [6.07, 6.45) is 3.30. The number of carbonyl (C=O) groups excluding carboxylic acids is 1. The van der Waals surface area contributed by atoms with Crippen LogP contribution >= 0.6 is 0 Å². The van der Waals surface area contributed by atoms with Gasteiger partial charge < -0.3 is 14.8 Å². The number of nitrogens with one attached hydrogen (secondary N) is 1. The van der Waals surface area contributed by atoms with Crippen LogP contribution in [-0.4, -0.2) is 51.9 Å². The number of hydrogen-bond acceptors (Lipinski definition) is 5. The van der Waals surface area contributed by atoms with Gasteiger partial charge in [0.25, 0.3) is 5.91 Å². The molecule has 0 bridgehead atoms. The molecule has 3 rings (SSSR count). The number of piperidine rings is 1. The number of aromatic amines is 1. The van der Waals surface area contributed by atoms with Crippen LogP contribution < -0.4 is 10.5 Å². The van der Waals surface area contributed by atoms with Gasteiger partial charge >= 0.3 is 0 Å². The van der Waals surface area contributed by atoms with Crippen LogP contribution in [0.1, 0.15) is 29.0 Å². The molecule has 1 aliphatic rings. The molecule has 0 unspecified atom stereocenters. The lowest BCUT2D eigenvalue weighted by Gasteiger charge is -2.37. The van der Waals surface area contributed by atoms with Crippen LogP contribution in [0, 0.1) is 6.92 Å². The molecule has 0 saturated carbocycles. The molecule has 0 aromatic carbocycles. The van der Waals surface area contributed by atoms with Crippen LogP contribution in [0.3, 0.4) is 0 Å². The zero-order valence-corrected chi connectivity index (χ0v) is 13.9. The van der Waals surface area contributed by atoms with Gasteiger partial charge in [-0.25, -0.2) is 9.97 Å². The lowest BCUT2D eigenvalue weighted by Crippen LogP contribution is -2.46. The van der Waals surface area contributed by atoms with Gasteiger partial charge in [0.05, 0.1) is 0 Å². The van der Waals surface area contributed by atoms with Crippen molar-refractivity contribution in [2.45, 2.75) is 25.8 Å². The molecule has 0 atom stereocenters. The average molecular weight is 327 g/mol. The molecule has 7 heteroatoms. The fourth-order valence-corrected chi connectivity index (χ4v) is 3.02. The molecule has 0 spiro atoms. The van der Waals surface area contributed by atoms with Gasteiger partial charge in [-0.3, -0.25) is 9.59 Å². The molecule has 24 heavy (non-hydrogen) atoms. The second kappa shape index (κ2) is 6.82. The SMILES string of the molecule is Cc1cc(N(C)C2CCN(C(=O)c3cccc(=O)[nH]3)CC2)ncn1. The Balaban J connectivity index is 1.63. The van der Waals surface area contributed by atoms with E-state index in [0.717, 1.165) is 24.4 Å². The largest absolute Gasteiger partial charge is 0.356 e. The van der Waals surface area contributed by atoms with Crippen molar-refractivity contribution < 1.29 is 4.79 Å². The first kappa shape index (κ1) is 16.2. The Bertz CT molecular complexity index is 780. The fourth-order valence-electron chi connectivity index (χ4n) is 3.02. The Morgan fingerprint density at radius 3 is 2.71 bits per heavy atom. The van der Waals surface area contributed by atoms with E-state index in [2.05, 4.69) is 19.9 Å². The summed E-state index contributed by atoms with van der Waals surface area (Å²) in [5.74, 6) is 0.784. The summed E-state index contributed by atoms with van der Waals surface area (Å²) in [5.41, 5.74) is 1.03. The van der Waals surface area contributed by atoms with Crippen LogP contribution in [0.2, 0.25) is 0 Å². The summed E-state index contributed by atoms with van der Waals surface area (Å²) in [5, 5.41) is 0. The van der Waals surface area contributed by atoms with Crippen molar-refractivity contribution in [3.8, 4) is 0 Å². The zero-order chi connectivity index (χ0) is 17.1. The Morgan fingerprint density at radius 2 is 2.04 bits per heavy atom. The second-order valence-corrected chi connectivity index (χ2v) is 6.08. The summed E-state index contributed by atoms with van der Waals surface area (Å²) in [6.45, 7) is 3.27. The molecule has 1 N–H and O–H groups in total. The number of carbonyl (C=O) groups is 1. The summed E-state index contributed by atoms with van der Waals surface area (Å²) >= 11 is 0. The Labute approximate surface area is 140 Å².